The summed E-state index contributed by atoms with van der Waals surface area (Å²) in [6.45, 7) is 4.05. The van der Waals surface area contributed by atoms with Gasteiger partial charge in [0, 0.05) is 27.5 Å². The van der Waals surface area contributed by atoms with Gasteiger partial charge in [0.2, 0.25) is 0 Å². The number of hydrogen-bond acceptors (Lipinski definition) is 2. The summed E-state index contributed by atoms with van der Waals surface area (Å²) in [6.07, 6.45) is -0.169. The minimum Gasteiger partial charge on any atom is -0.497 e. The molecule has 1 heterocycles. The Bertz CT molecular complexity index is 3010. The first-order valence-corrected chi connectivity index (χ1v) is 20.3. The molecule has 5 heteroatoms. The molecule has 1 unspecified atom stereocenters. The zero-order valence-corrected chi connectivity index (χ0v) is 33.3. The molecule has 1 atom stereocenters. The van der Waals surface area contributed by atoms with Crippen LogP contribution in [0, 0.1) is 0 Å². The van der Waals surface area contributed by atoms with Crippen LogP contribution in [0.3, 0.4) is 0 Å². The molecule has 292 valence electrons. The second-order valence-electron chi connectivity index (χ2n) is 16.6. The first kappa shape index (κ1) is 36.2. The summed E-state index contributed by atoms with van der Waals surface area (Å²) >= 11 is 0. The number of benzene rings is 8. The number of hydrogen-bond donors (Lipinski definition) is 0. The molecular weight excluding hydrogens is 750 g/mol. The van der Waals surface area contributed by atoms with Gasteiger partial charge >= 0.3 is 6.18 Å². The number of fused-ring (bicyclic) bond motifs is 11. The van der Waals surface area contributed by atoms with E-state index in [0.29, 0.717) is 11.3 Å². The van der Waals surface area contributed by atoms with Crippen molar-refractivity contribution in [3.05, 3.63) is 232 Å². The second kappa shape index (κ2) is 12.8. The van der Waals surface area contributed by atoms with Crippen LogP contribution in [0.2, 0.25) is 0 Å². The van der Waals surface area contributed by atoms with E-state index in [9.17, 15) is 13.2 Å². The van der Waals surface area contributed by atoms with Crippen molar-refractivity contribution in [2.24, 2.45) is 0 Å². The second-order valence-corrected chi connectivity index (χ2v) is 16.6. The number of ether oxygens (including phenoxy) is 2. The van der Waals surface area contributed by atoms with E-state index >= 15 is 0 Å². The molecule has 0 amide bonds. The van der Waals surface area contributed by atoms with E-state index in [4.69, 9.17) is 9.47 Å². The fraction of sp³-hybridized carbons (Fsp3) is 0.127. The third-order valence-corrected chi connectivity index (χ3v) is 13.3. The molecule has 1 aliphatic heterocycles. The summed E-state index contributed by atoms with van der Waals surface area (Å²) in [4.78, 5) is 0. The van der Waals surface area contributed by atoms with E-state index in [0.717, 1.165) is 61.0 Å². The molecule has 0 bridgehead atoms. The van der Waals surface area contributed by atoms with Crippen molar-refractivity contribution >= 4 is 16.8 Å². The Balaban J connectivity index is 1.19. The van der Waals surface area contributed by atoms with Gasteiger partial charge in [-0.2, -0.15) is 13.2 Å². The highest BCUT2D eigenvalue weighted by molar-refractivity contribution is 6.08. The van der Waals surface area contributed by atoms with E-state index in [2.05, 4.69) is 140 Å². The predicted octanol–water partition coefficient (Wildman–Crippen LogP) is 13.9. The molecule has 0 radical (unpaired) electrons. The van der Waals surface area contributed by atoms with Gasteiger partial charge in [-0.3, -0.25) is 0 Å². The van der Waals surface area contributed by atoms with Crippen LogP contribution in [-0.2, 0) is 22.6 Å². The monoisotopic (exact) mass is 788 g/mol. The van der Waals surface area contributed by atoms with Crippen LogP contribution < -0.4 is 9.47 Å². The van der Waals surface area contributed by atoms with Crippen LogP contribution in [0.15, 0.2) is 176 Å². The highest BCUT2D eigenvalue weighted by Gasteiger charge is 2.49. The van der Waals surface area contributed by atoms with Gasteiger partial charge < -0.3 is 9.47 Å². The predicted molar refractivity (Wildman–Crippen MR) is 234 cm³/mol. The minimum absolute atomic E-state index is 0.625. The summed E-state index contributed by atoms with van der Waals surface area (Å²) in [7, 11) is 1.66. The maximum Gasteiger partial charge on any atom is 0.416 e. The normalized spacial score (nSPS) is 17.6. The highest BCUT2D eigenvalue weighted by atomic mass is 19.4. The van der Waals surface area contributed by atoms with Gasteiger partial charge in [-0.25, -0.2) is 0 Å². The van der Waals surface area contributed by atoms with E-state index in [-0.39, 0.29) is 0 Å². The number of alkyl halides is 3. The third kappa shape index (κ3) is 4.89. The molecule has 0 N–H and O–H groups in total. The lowest BCUT2D eigenvalue weighted by Crippen LogP contribution is -2.36. The van der Waals surface area contributed by atoms with Crippen LogP contribution in [0.25, 0.3) is 39.1 Å². The molecule has 0 spiro atoms. The lowest BCUT2D eigenvalue weighted by molar-refractivity contribution is -0.137. The van der Waals surface area contributed by atoms with Crippen molar-refractivity contribution in [1.82, 2.24) is 0 Å². The van der Waals surface area contributed by atoms with Gasteiger partial charge in [0.25, 0.3) is 0 Å². The summed E-state index contributed by atoms with van der Waals surface area (Å²) in [5, 5.41) is 1.84. The SMILES string of the molecule is COc1ccc(C2(c3ccc4c(c3)C(c3ccccc3)(c3ccccc3)c3ccccc3-4)C=Cc3c4c(c5ccccc5c3O2)-c2ccc(C(F)(F)F)cc2C4(C)C)cc1. The van der Waals surface area contributed by atoms with E-state index in [1.54, 1.807) is 13.2 Å². The molecule has 2 aliphatic carbocycles. The molecule has 2 nitrogen and oxygen atoms in total. The average Bonchev–Trinajstić information content (AvgIpc) is 3.72. The maximum atomic E-state index is 14.2. The van der Waals surface area contributed by atoms with Gasteiger partial charge in [0.05, 0.1) is 18.1 Å². The Morgan fingerprint density at radius 2 is 1.13 bits per heavy atom. The van der Waals surface area contributed by atoms with Crippen molar-refractivity contribution < 1.29 is 22.6 Å². The van der Waals surface area contributed by atoms with Crippen molar-refractivity contribution in [2.45, 2.75) is 36.5 Å². The van der Waals surface area contributed by atoms with Gasteiger partial charge in [0.1, 0.15) is 11.5 Å². The van der Waals surface area contributed by atoms with Gasteiger partial charge in [0.15, 0.2) is 5.60 Å². The quantitative estimate of drug-likeness (QED) is 0.173. The van der Waals surface area contributed by atoms with E-state index in [1.165, 1.54) is 34.4 Å². The van der Waals surface area contributed by atoms with Crippen LogP contribution in [-0.4, -0.2) is 7.11 Å². The van der Waals surface area contributed by atoms with Crippen molar-refractivity contribution in [3.8, 4) is 33.8 Å². The zero-order valence-electron chi connectivity index (χ0n) is 33.3. The molecule has 0 aromatic heterocycles. The van der Waals surface area contributed by atoms with E-state index < -0.39 is 28.2 Å². The Kier molecular flexibility index (Phi) is 7.75. The van der Waals surface area contributed by atoms with Gasteiger partial charge in [-0.1, -0.05) is 159 Å². The third-order valence-electron chi connectivity index (χ3n) is 13.3. The fourth-order valence-corrected chi connectivity index (χ4v) is 10.6. The number of halogens is 3. The standard InChI is InChI=1S/C55H39F3O2/c1-52(2)47-33-38(55(56,57)58)25-29-44(47)49-42-19-10-11-20-43(42)51-45(50(49)52)30-31-53(60-51,34-22-26-39(59-3)27-23-34)37-24-28-41-40-18-12-13-21-46(40)54(48(41)32-37,35-14-6-4-7-15-35)36-16-8-5-9-17-36/h4-33H,1-3H3. The first-order valence-electron chi connectivity index (χ1n) is 20.3. The summed E-state index contributed by atoms with van der Waals surface area (Å²) in [6, 6.07) is 57.3. The van der Waals surface area contributed by atoms with E-state index in [1.807, 2.05) is 38.1 Å². The maximum absolute atomic E-state index is 14.2. The molecule has 11 rings (SSSR count). The summed E-state index contributed by atoms with van der Waals surface area (Å²) in [5.41, 5.74) is 10.0. The minimum atomic E-state index is -4.46. The number of rotatable bonds is 5. The van der Waals surface area contributed by atoms with Crippen molar-refractivity contribution in [3.63, 3.8) is 0 Å². The molecule has 0 saturated carbocycles. The first-order chi connectivity index (χ1) is 29.1. The van der Waals surface area contributed by atoms with Crippen LogP contribution >= 0.6 is 0 Å². The van der Waals surface area contributed by atoms with Crippen molar-refractivity contribution in [1.29, 1.82) is 0 Å². The molecule has 8 aromatic rings. The molecule has 8 aromatic carbocycles. The van der Waals surface area contributed by atoms with Crippen LogP contribution in [0.4, 0.5) is 13.2 Å². The molecule has 0 fully saturated rings. The van der Waals surface area contributed by atoms with Crippen LogP contribution in [0.1, 0.15) is 69.5 Å². The van der Waals surface area contributed by atoms with Gasteiger partial charge in [-0.15, -0.1) is 0 Å². The van der Waals surface area contributed by atoms with Gasteiger partial charge in [-0.05, 0) is 97.4 Å². The zero-order chi connectivity index (χ0) is 41.0. The lowest BCUT2D eigenvalue weighted by atomic mass is 9.67. The Morgan fingerprint density at radius 1 is 0.533 bits per heavy atom. The summed E-state index contributed by atoms with van der Waals surface area (Å²) in [5.74, 6) is 1.42. The smallest absolute Gasteiger partial charge is 0.416 e. The Hall–Kier alpha value is -6.85. The van der Waals surface area contributed by atoms with Crippen molar-refractivity contribution in [2.75, 3.05) is 7.11 Å². The lowest BCUT2D eigenvalue weighted by Gasteiger charge is -2.39. The number of methoxy groups -OCH3 is 1. The molecule has 3 aliphatic rings. The average molecular weight is 789 g/mol. The molecular formula is C55H39F3O2. The fourth-order valence-electron chi connectivity index (χ4n) is 10.6. The summed E-state index contributed by atoms with van der Waals surface area (Å²) < 4.78 is 55.9. The Labute approximate surface area is 347 Å². The van der Waals surface area contributed by atoms with Crippen LogP contribution in [0.5, 0.6) is 11.5 Å². The molecule has 0 saturated heterocycles. The highest BCUT2D eigenvalue weighted by Crippen LogP contribution is 2.60. The Morgan fingerprint density at radius 3 is 1.82 bits per heavy atom. The topological polar surface area (TPSA) is 18.5 Å². The largest absolute Gasteiger partial charge is 0.497 e. The molecule has 60 heavy (non-hydrogen) atoms.